The van der Waals surface area contributed by atoms with Gasteiger partial charge in [-0.2, -0.15) is 4.31 Å². The molecule has 152 valence electrons. The lowest BCUT2D eigenvalue weighted by Crippen LogP contribution is -2.30. The third-order valence-electron chi connectivity index (χ3n) is 4.60. The number of aromatic nitrogens is 1. The van der Waals surface area contributed by atoms with Gasteiger partial charge in [-0.05, 0) is 49.4 Å². The summed E-state index contributed by atoms with van der Waals surface area (Å²) in [6, 6.07) is 11.7. The number of sulfonamides is 1. The van der Waals surface area contributed by atoms with Gasteiger partial charge in [0.05, 0.1) is 16.0 Å². The number of fused-ring (bicyclic) bond motifs is 1. The number of hydrogen-bond acceptors (Lipinski definition) is 4. The van der Waals surface area contributed by atoms with Crippen molar-refractivity contribution in [2.75, 3.05) is 18.4 Å². The van der Waals surface area contributed by atoms with Crippen molar-refractivity contribution >= 4 is 32.5 Å². The monoisotopic (exact) mass is 415 g/mol. The van der Waals surface area contributed by atoms with Gasteiger partial charge in [-0.25, -0.2) is 12.8 Å². The fourth-order valence-corrected chi connectivity index (χ4v) is 4.60. The van der Waals surface area contributed by atoms with Crippen LogP contribution in [0.15, 0.2) is 53.4 Å². The van der Waals surface area contributed by atoms with Crippen LogP contribution in [0.3, 0.4) is 0 Å². The summed E-state index contributed by atoms with van der Waals surface area (Å²) >= 11 is 0. The molecule has 0 radical (unpaired) electrons. The van der Waals surface area contributed by atoms with Crippen LogP contribution in [0, 0.1) is 12.7 Å². The van der Waals surface area contributed by atoms with E-state index in [0.717, 1.165) is 0 Å². The van der Waals surface area contributed by atoms with E-state index in [1.807, 2.05) is 0 Å². The van der Waals surface area contributed by atoms with Gasteiger partial charge in [-0.1, -0.05) is 13.8 Å². The van der Waals surface area contributed by atoms with Crippen LogP contribution < -0.4 is 5.32 Å². The van der Waals surface area contributed by atoms with Crippen LogP contribution in [0.4, 0.5) is 10.1 Å². The van der Waals surface area contributed by atoms with Crippen molar-refractivity contribution in [1.29, 1.82) is 0 Å². The van der Waals surface area contributed by atoms with Crippen LogP contribution in [-0.4, -0.2) is 36.7 Å². The number of pyridine rings is 1. The first-order valence-electron chi connectivity index (χ1n) is 9.24. The number of amides is 1. The Morgan fingerprint density at radius 3 is 2.34 bits per heavy atom. The van der Waals surface area contributed by atoms with Crippen molar-refractivity contribution in [3.63, 3.8) is 0 Å². The molecule has 0 bridgehead atoms. The molecular weight excluding hydrogens is 393 g/mol. The number of benzene rings is 2. The minimum Gasteiger partial charge on any atom is -0.322 e. The standard InChI is InChI=1S/C21H22FN3O3S/c1-4-25(5-2)29(27,28)17-9-7-16(8-10-17)24-21(26)19-12-14(3)23-20-13-15(22)6-11-18(19)20/h6-13H,4-5H2,1-3H3,(H,24,26). The SMILES string of the molecule is CCN(CC)S(=O)(=O)c1ccc(NC(=O)c2cc(C)nc3cc(F)ccc23)cc1. The average Bonchev–Trinajstić information content (AvgIpc) is 2.68. The second-order valence-electron chi connectivity index (χ2n) is 6.54. The number of hydrogen-bond donors (Lipinski definition) is 1. The van der Waals surface area contributed by atoms with E-state index < -0.39 is 15.8 Å². The topological polar surface area (TPSA) is 79.4 Å². The molecule has 0 atom stereocenters. The quantitative estimate of drug-likeness (QED) is 0.661. The highest BCUT2D eigenvalue weighted by Crippen LogP contribution is 2.22. The van der Waals surface area contributed by atoms with Gasteiger partial charge in [0.15, 0.2) is 0 Å². The minimum atomic E-state index is -3.56. The molecule has 0 spiro atoms. The maximum absolute atomic E-state index is 13.5. The number of nitrogens with one attached hydrogen (secondary N) is 1. The number of anilines is 1. The normalized spacial score (nSPS) is 11.8. The number of carbonyl (C=O) groups excluding carboxylic acids is 1. The van der Waals surface area contributed by atoms with Gasteiger partial charge in [0.1, 0.15) is 5.82 Å². The van der Waals surface area contributed by atoms with E-state index in [2.05, 4.69) is 10.3 Å². The van der Waals surface area contributed by atoms with Crippen molar-refractivity contribution in [2.45, 2.75) is 25.7 Å². The van der Waals surface area contributed by atoms with Crippen LogP contribution in [0.25, 0.3) is 10.9 Å². The van der Waals surface area contributed by atoms with E-state index >= 15 is 0 Å². The first-order chi connectivity index (χ1) is 13.8. The van der Waals surface area contributed by atoms with Crippen LogP contribution in [-0.2, 0) is 10.0 Å². The highest BCUT2D eigenvalue weighted by Gasteiger charge is 2.21. The summed E-state index contributed by atoms with van der Waals surface area (Å²) in [5, 5.41) is 3.30. The summed E-state index contributed by atoms with van der Waals surface area (Å²) < 4.78 is 40.0. The predicted molar refractivity (Wildman–Crippen MR) is 111 cm³/mol. The molecule has 1 amide bonds. The van der Waals surface area contributed by atoms with Gasteiger partial charge >= 0.3 is 0 Å². The Balaban J connectivity index is 1.88. The largest absolute Gasteiger partial charge is 0.322 e. The third-order valence-corrected chi connectivity index (χ3v) is 6.66. The number of rotatable bonds is 6. The Hall–Kier alpha value is -2.84. The first kappa shape index (κ1) is 20.9. The smallest absolute Gasteiger partial charge is 0.256 e. The van der Waals surface area contributed by atoms with Crippen LogP contribution in [0.2, 0.25) is 0 Å². The molecule has 0 aliphatic rings. The number of carbonyl (C=O) groups is 1. The number of halogens is 1. The van der Waals surface area contributed by atoms with E-state index in [0.29, 0.717) is 40.9 Å². The first-order valence-corrected chi connectivity index (χ1v) is 10.7. The summed E-state index contributed by atoms with van der Waals surface area (Å²) in [6.45, 7) is 6.05. The van der Waals surface area contributed by atoms with E-state index in [4.69, 9.17) is 0 Å². The number of nitrogens with zero attached hydrogens (tertiary/aromatic N) is 2. The van der Waals surface area contributed by atoms with Crippen molar-refractivity contribution in [3.05, 3.63) is 65.6 Å². The van der Waals surface area contributed by atoms with Crippen molar-refractivity contribution in [3.8, 4) is 0 Å². The lowest BCUT2D eigenvalue weighted by Gasteiger charge is -2.18. The molecule has 1 heterocycles. The summed E-state index contributed by atoms with van der Waals surface area (Å²) in [6.07, 6.45) is 0. The minimum absolute atomic E-state index is 0.167. The summed E-state index contributed by atoms with van der Waals surface area (Å²) in [5.74, 6) is -0.807. The van der Waals surface area contributed by atoms with Gasteiger partial charge in [-0.3, -0.25) is 9.78 Å². The Labute approximate surface area is 169 Å². The average molecular weight is 415 g/mol. The highest BCUT2D eigenvalue weighted by atomic mass is 32.2. The molecule has 0 aliphatic carbocycles. The van der Waals surface area contributed by atoms with Gasteiger partial charge in [0.25, 0.3) is 5.91 Å². The van der Waals surface area contributed by atoms with E-state index in [1.165, 1.54) is 34.6 Å². The molecule has 2 aromatic carbocycles. The zero-order valence-corrected chi connectivity index (χ0v) is 17.3. The Morgan fingerprint density at radius 2 is 1.72 bits per heavy atom. The van der Waals surface area contributed by atoms with Crippen LogP contribution >= 0.6 is 0 Å². The van der Waals surface area contributed by atoms with E-state index in [1.54, 1.807) is 39.0 Å². The zero-order chi connectivity index (χ0) is 21.2. The molecule has 3 rings (SSSR count). The molecule has 8 heteroatoms. The molecule has 3 aromatic rings. The highest BCUT2D eigenvalue weighted by molar-refractivity contribution is 7.89. The van der Waals surface area contributed by atoms with Crippen LogP contribution in [0.5, 0.6) is 0 Å². The van der Waals surface area contributed by atoms with Gasteiger partial charge in [0.2, 0.25) is 10.0 Å². The molecule has 1 N–H and O–H groups in total. The third kappa shape index (κ3) is 4.28. The number of aryl methyl sites for hydroxylation is 1. The molecule has 0 saturated carbocycles. The maximum Gasteiger partial charge on any atom is 0.256 e. The molecule has 0 saturated heterocycles. The zero-order valence-electron chi connectivity index (χ0n) is 16.4. The van der Waals surface area contributed by atoms with Crippen molar-refractivity contribution < 1.29 is 17.6 Å². The van der Waals surface area contributed by atoms with Crippen LogP contribution in [0.1, 0.15) is 29.9 Å². The molecule has 6 nitrogen and oxygen atoms in total. The predicted octanol–water partition coefficient (Wildman–Crippen LogP) is 3.97. The second kappa shape index (κ2) is 8.26. The van der Waals surface area contributed by atoms with Gasteiger partial charge in [-0.15, -0.1) is 0 Å². The second-order valence-corrected chi connectivity index (χ2v) is 8.48. The van der Waals surface area contributed by atoms with Crippen molar-refractivity contribution in [2.24, 2.45) is 0 Å². The lowest BCUT2D eigenvalue weighted by molar-refractivity contribution is 0.102. The summed E-state index contributed by atoms with van der Waals surface area (Å²) in [7, 11) is -3.56. The Morgan fingerprint density at radius 1 is 1.07 bits per heavy atom. The van der Waals surface area contributed by atoms with Gasteiger partial charge < -0.3 is 5.32 Å². The fourth-order valence-electron chi connectivity index (χ4n) is 3.14. The summed E-state index contributed by atoms with van der Waals surface area (Å²) in [4.78, 5) is 17.2. The summed E-state index contributed by atoms with van der Waals surface area (Å²) in [5.41, 5.74) is 1.82. The Kier molecular flexibility index (Phi) is 5.95. The van der Waals surface area contributed by atoms with E-state index in [9.17, 15) is 17.6 Å². The molecule has 0 unspecified atom stereocenters. The molecule has 1 aromatic heterocycles. The Bertz CT molecular complexity index is 1150. The molecule has 0 aliphatic heterocycles. The molecule has 0 fully saturated rings. The maximum atomic E-state index is 13.5. The molecule has 29 heavy (non-hydrogen) atoms. The van der Waals surface area contributed by atoms with E-state index in [-0.39, 0.29) is 10.8 Å². The molecular formula is C21H22FN3O3S. The van der Waals surface area contributed by atoms with Gasteiger partial charge in [0, 0.05) is 35.9 Å². The lowest BCUT2D eigenvalue weighted by atomic mass is 10.1. The van der Waals surface area contributed by atoms with Crippen molar-refractivity contribution in [1.82, 2.24) is 9.29 Å². The fraction of sp³-hybridized carbons (Fsp3) is 0.238.